The molecule has 4 rings (SSSR count). The van der Waals surface area contributed by atoms with Crippen LogP contribution in [0.5, 0.6) is 0 Å². The number of nitrogens with zero attached hydrogens (tertiary/aromatic N) is 2. The fraction of sp³-hybridized carbons (Fsp3) is 0.222. The minimum atomic E-state index is -4.40. The number of anilines is 1. The fourth-order valence-corrected chi connectivity index (χ4v) is 4.15. The molecule has 134 valence electrons. The van der Waals surface area contributed by atoms with Crippen molar-refractivity contribution in [2.24, 2.45) is 11.0 Å². The normalized spacial score (nSPS) is 18.8. The lowest BCUT2D eigenvalue weighted by molar-refractivity contribution is -0.137. The van der Waals surface area contributed by atoms with E-state index in [1.165, 1.54) is 17.1 Å². The molecule has 2 amide bonds. The molecule has 0 aliphatic carbocycles. The summed E-state index contributed by atoms with van der Waals surface area (Å²) in [6, 6.07) is 11.8. The average molecular weight is 377 g/mol. The van der Waals surface area contributed by atoms with Gasteiger partial charge in [-0.2, -0.15) is 18.3 Å². The molecule has 4 nitrogen and oxygen atoms in total. The van der Waals surface area contributed by atoms with Crippen LogP contribution in [0.1, 0.15) is 11.1 Å². The zero-order valence-corrected chi connectivity index (χ0v) is 14.3. The van der Waals surface area contributed by atoms with Crippen molar-refractivity contribution in [1.82, 2.24) is 5.01 Å². The molecule has 1 atom stereocenters. The van der Waals surface area contributed by atoms with Gasteiger partial charge in [-0.3, -0.25) is 0 Å². The van der Waals surface area contributed by atoms with Crippen LogP contribution in [0.4, 0.5) is 23.7 Å². The lowest BCUT2D eigenvalue weighted by Gasteiger charge is -2.20. The molecular weight excluding hydrogens is 363 g/mol. The number of alkyl halides is 3. The molecule has 2 aliphatic heterocycles. The second-order valence-corrected chi connectivity index (χ2v) is 7.14. The summed E-state index contributed by atoms with van der Waals surface area (Å²) in [6.07, 6.45) is -4.40. The first-order valence-corrected chi connectivity index (χ1v) is 8.97. The monoisotopic (exact) mass is 377 g/mol. The highest BCUT2D eigenvalue weighted by atomic mass is 32.2. The second kappa shape index (κ2) is 6.35. The van der Waals surface area contributed by atoms with Crippen LogP contribution in [0.15, 0.2) is 58.5 Å². The van der Waals surface area contributed by atoms with E-state index in [1.807, 2.05) is 24.3 Å². The Morgan fingerprint density at radius 2 is 1.88 bits per heavy atom. The van der Waals surface area contributed by atoms with Gasteiger partial charge in [-0.25, -0.2) is 9.80 Å². The Hall–Kier alpha value is -2.48. The Bertz CT molecular complexity index is 880. The maximum absolute atomic E-state index is 12.6. The number of hydrogen-bond donors (Lipinski definition) is 1. The van der Waals surface area contributed by atoms with Crippen molar-refractivity contribution in [3.63, 3.8) is 0 Å². The molecule has 26 heavy (non-hydrogen) atoms. The number of carbonyl (C=O) groups is 1. The van der Waals surface area contributed by atoms with E-state index in [9.17, 15) is 18.0 Å². The third kappa shape index (κ3) is 3.16. The standard InChI is InChI=1S/C18H14F3N3OS/c19-18(20,21)12-5-7-13(8-6-12)22-17(25)24-9-11-10-26-15-4-2-1-3-14(15)16(11)23-24/h1-8,11H,9-10H2,(H,22,25). The Morgan fingerprint density at radius 3 is 2.62 bits per heavy atom. The van der Waals surface area contributed by atoms with Gasteiger partial charge in [-0.1, -0.05) is 18.2 Å². The van der Waals surface area contributed by atoms with Gasteiger partial charge < -0.3 is 5.32 Å². The molecule has 0 aromatic heterocycles. The van der Waals surface area contributed by atoms with Crippen molar-refractivity contribution < 1.29 is 18.0 Å². The molecule has 8 heteroatoms. The number of carbonyl (C=O) groups excluding carboxylic acids is 1. The number of hydrazone groups is 1. The molecule has 1 N–H and O–H groups in total. The van der Waals surface area contributed by atoms with E-state index in [4.69, 9.17) is 0 Å². The largest absolute Gasteiger partial charge is 0.416 e. The van der Waals surface area contributed by atoms with Gasteiger partial charge in [0.1, 0.15) is 0 Å². The quantitative estimate of drug-likeness (QED) is 0.784. The van der Waals surface area contributed by atoms with Gasteiger partial charge in [0.05, 0.1) is 17.8 Å². The SMILES string of the molecule is O=C(Nc1ccc(C(F)(F)F)cc1)N1CC2CSc3ccccc3C2=N1. The summed E-state index contributed by atoms with van der Waals surface area (Å²) in [4.78, 5) is 13.6. The summed E-state index contributed by atoms with van der Waals surface area (Å²) < 4.78 is 37.8. The van der Waals surface area contributed by atoms with Crippen LogP contribution in [-0.4, -0.2) is 29.0 Å². The third-order valence-electron chi connectivity index (χ3n) is 4.31. The van der Waals surface area contributed by atoms with Gasteiger partial charge >= 0.3 is 12.2 Å². The van der Waals surface area contributed by atoms with Gasteiger partial charge in [-0.05, 0) is 30.3 Å². The van der Waals surface area contributed by atoms with E-state index in [1.54, 1.807) is 11.8 Å². The molecule has 2 heterocycles. The van der Waals surface area contributed by atoms with E-state index in [-0.39, 0.29) is 5.92 Å². The van der Waals surface area contributed by atoms with Gasteiger partial charge in [-0.15, -0.1) is 11.8 Å². The van der Waals surface area contributed by atoms with Crippen LogP contribution in [0.25, 0.3) is 0 Å². The van der Waals surface area contributed by atoms with Crippen molar-refractivity contribution in [2.75, 3.05) is 17.6 Å². The topological polar surface area (TPSA) is 44.7 Å². The number of halogens is 3. The number of fused-ring (bicyclic) bond motifs is 3. The lowest BCUT2D eigenvalue weighted by Crippen LogP contribution is -2.31. The average Bonchev–Trinajstić information content (AvgIpc) is 3.06. The van der Waals surface area contributed by atoms with E-state index < -0.39 is 17.8 Å². The van der Waals surface area contributed by atoms with Crippen molar-refractivity contribution >= 4 is 29.2 Å². The molecule has 0 bridgehead atoms. The Balaban J connectivity index is 1.49. The first-order valence-electron chi connectivity index (χ1n) is 7.98. The van der Waals surface area contributed by atoms with Gasteiger partial charge in [0.25, 0.3) is 0 Å². The van der Waals surface area contributed by atoms with Crippen LogP contribution < -0.4 is 5.32 Å². The molecule has 2 aromatic rings. The molecule has 0 saturated heterocycles. The van der Waals surface area contributed by atoms with Crippen LogP contribution in [-0.2, 0) is 6.18 Å². The zero-order chi connectivity index (χ0) is 18.3. The minimum Gasteiger partial charge on any atom is -0.306 e. The smallest absolute Gasteiger partial charge is 0.306 e. The number of urea groups is 1. The number of thioether (sulfide) groups is 1. The van der Waals surface area contributed by atoms with Gasteiger partial charge in [0.15, 0.2) is 0 Å². The van der Waals surface area contributed by atoms with Crippen molar-refractivity contribution in [3.05, 3.63) is 59.7 Å². The Kier molecular flexibility index (Phi) is 4.14. The summed E-state index contributed by atoms with van der Waals surface area (Å²) >= 11 is 1.74. The van der Waals surface area contributed by atoms with E-state index in [0.717, 1.165) is 34.1 Å². The van der Waals surface area contributed by atoms with Crippen molar-refractivity contribution in [2.45, 2.75) is 11.1 Å². The predicted molar refractivity (Wildman–Crippen MR) is 94.4 cm³/mol. The maximum atomic E-state index is 12.6. The first kappa shape index (κ1) is 17.0. The highest BCUT2D eigenvalue weighted by Crippen LogP contribution is 2.36. The highest BCUT2D eigenvalue weighted by Gasteiger charge is 2.35. The molecule has 2 aromatic carbocycles. The van der Waals surface area contributed by atoms with E-state index in [2.05, 4.69) is 10.4 Å². The van der Waals surface area contributed by atoms with E-state index in [0.29, 0.717) is 12.2 Å². The van der Waals surface area contributed by atoms with Gasteiger partial charge in [0.2, 0.25) is 0 Å². The number of nitrogens with one attached hydrogen (secondary N) is 1. The molecule has 0 fully saturated rings. The molecular formula is C18H14F3N3OS. The molecule has 0 radical (unpaired) electrons. The van der Waals surface area contributed by atoms with Crippen LogP contribution in [0.2, 0.25) is 0 Å². The van der Waals surface area contributed by atoms with E-state index >= 15 is 0 Å². The summed E-state index contributed by atoms with van der Waals surface area (Å²) in [5, 5.41) is 8.40. The number of hydrogen-bond acceptors (Lipinski definition) is 3. The fourth-order valence-electron chi connectivity index (χ4n) is 3.01. The Morgan fingerprint density at radius 1 is 1.15 bits per heavy atom. The molecule has 1 unspecified atom stereocenters. The summed E-state index contributed by atoms with van der Waals surface area (Å²) in [5.41, 5.74) is 1.48. The second-order valence-electron chi connectivity index (χ2n) is 6.08. The van der Waals surface area contributed by atoms with Crippen LogP contribution in [0, 0.1) is 5.92 Å². The lowest BCUT2D eigenvalue weighted by atomic mass is 9.98. The van der Waals surface area contributed by atoms with Gasteiger partial charge in [0, 0.05) is 27.8 Å². The molecule has 0 saturated carbocycles. The summed E-state index contributed by atoms with van der Waals surface area (Å²) in [5.74, 6) is 1.01. The van der Waals surface area contributed by atoms with Crippen LogP contribution >= 0.6 is 11.8 Å². The van der Waals surface area contributed by atoms with Crippen molar-refractivity contribution in [1.29, 1.82) is 0 Å². The third-order valence-corrected chi connectivity index (χ3v) is 5.55. The number of rotatable bonds is 1. The van der Waals surface area contributed by atoms with Crippen molar-refractivity contribution in [3.8, 4) is 0 Å². The minimum absolute atomic E-state index is 0.160. The molecule has 0 spiro atoms. The number of amides is 2. The zero-order valence-electron chi connectivity index (χ0n) is 13.5. The maximum Gasteiger partial charge on any atom is 0.416 e. The summed E-state index contributed by atoms with van der Waals surface area (Å²) in [6.45, 7) is 0.461. The highest BCUT2D eigenvalue weighted by molar-refractivity contribution is 7.99. The van der Waals surface area contributed by atoms with Crippen LogP contribution in [0.3, 0.4) is 0 Å². The predicted octanol–water partition coefficient (Wildman–Crippen LogP) is 4.68. The summed E-state index contributed by atoms with van der Waals surface area (Å²) in [7, 11) is 0. The Labute approximate surface area is 152 Å². The molecule has 2 aliphatic rings. The number of benzene rings is 2. The first-order chi connectivity index (χ1) is 12.4.